The van der Waals surface area contributed by atoms with Crippen LogP contribution in [0.2, 0.25) is 0 Å². The molecule has 0 bridgehead atoms. The minimum atomic E-state index is 0.00706. The van der Waals surface area contributed by atoms with Gasteiger partial charge in [-0.1, -0.05) is 6.07 Å². The summed E-state index contributed by atoms with van der Waals surface area (Å²) in [6.07, 6.45) is 0. The normalized spacial score (nSPS) is 9.69. The molecular formula is C9H14N2O2. The van der Waals surface area contributed by atoms with Crippen LogP contribution in [0.25, 0.3) is 0 Å². The first kappa shape index (κ1) is 9.80. The molecule has 1 rings (SSSR count). The lowest BCUT2D eigenvalue weighted by Gasteiger charge is -2.05. The van der Waals surface area contributed by atoms with Gasteiger partial charge in [0.15, 0.2) is 0 Å². The van der Waals surface area contributed by atoms with Crippen LogP contribution in [0.5, 0.6) is 5.88 Å². The molecule has 0 unspecified atom stereocenters. The fourth-order valence-electron chi connectivity index (χ4n) is 0.925. The zero-order valence-corrected chi connectivity index (χ0v) is 7.66. The summed E-state index contributed by atoms with van der Waals surface area (Å²) in [5.41, 5.74) is 0. The summed E-state index contributed by atoms with van der Waals surface area (Å²) in [7, 11) is 0. The summed E-state index contributed by atoms with van der Waals surface area (Å²) in [5.74, 6) is 1.32. The first-order valence-corrected chi connectivity index (χ1v) is 4.31. The first-order chi connectivity index (χ1) is 6.36. The average Bonchev–Trinajstić information content (AvgIpc) is 2.16. The zero-order chi connectivity index (χ0) is 9.52. The molecule has 0 fully saturated rings. The number of aliphatic hydroxyl groups is 1. The largest absolute Gasteiger partial charge is 0.475 e. The number of aromatic nitrogens is 1. The second-order valence-electron chi connectivity index (χ2n) is 2.46. The van der Waals surface area contributed by atoms with E-state index in [0.717, 1.165) is 12.4 Å². The number of hydrogen-bond donors (Lipinski definition) is 2. The smallest absolute Gasteiger partial charge is 0.215 e. The van der Waals surface area contributed by atoms with Gasteiger partial charge in [-0.05, 0) is 13.0 Å². The molecule has 13 heavy (non-hydrogen) atoms. The molecule has 0 aliphatic carbocycles. The lowest BCUT2D eigenvalue weighted by molar-refractivity contribution is 0.197. The number of nitrogens with one attached hydrogen (secondary N) is 1. The summed E-state index contributed by atoms with van der Waals surface area (Å²) in [6.45, 7) is 3.12. The SMILES string of the molecule is CCNc1cccc(OCCO)n1. The van der Waals surface area contributed by atoms with Gasteiger partial charge in [0.05, 0.1) is 6.61 Å². The number of nitrogens with zero attached hydrogens (tertiary/aromatic N) is 1. The van der Waals surface area contributed by atoms with Gasteiger partial charge in [-0.15, -0.1) is 0 Å². The van der Waals surface area contributed by atoms with E-state index in [1.165, 1.54) is 0 Å². The molecular weight excluding hydrogens is 168 g/mol. The molecule has 0 amide bonds. The van der Waals surface area contributed by atoms with Crippen molar-refractivity contribution < 1.29 is 9.84 Å². The Morgan fingerprint density at radius 1 is 1.54 bits per heavy atom. The Bertz CT molecular complexity index is 253. The minimum absolute atomic E-state index is 0.00706. The van der Waals surface area contributed by atoms with Gasteiger partial charge in [-0.25, -0.2) is 0 Å². The maximum Gasteiger partial charge on any atom is 0.215 e. The molecule has 0 saturated carbocycles. The Morgan fingerprint density at radius 2 is 2.38 bits per heavy atom. The summed E-state index contributed by atoms with van der Waals surface area (Å²) in [4.78, 5) is 4.16. The summed E-state index contributed by atoms with van der Waals surface area (Å²) < 4.78 is 5.14. The molecule has 0 aliphatic heterocycles. The Morgan fingerprint density at radius 3 is 3.08 bits per heavy atom. The van der Waals surface area contributed by atoms with Crippen LogP contribution in [0, 0.1) is 0 Å². The van der Waals surface area contributed by atoms with Crippen LogP contribution < -0.4 is 10.1 Å². The van der Waals surface area contributed by atoms with Gasteiger partial charge in [0.2, 0.25) is 5.88 Å². The van der Waals surface area contributed by atoms with Gasteiger partial charge in [0.1, 0.15) is 12.4 Å². The molecule has 4 heteroatoms. The highest BCUT2D eigenvalue weighted by Gasteiger charge is 1.96. The fraction of sp³-hybridized carbons (Fsp3) is 0.444. The second-order valence-corrected chi connectivity index (χ2v) is 2.46. The van der Waals surface area contributed by atoms with Gasteiger partial charge < -0.3 is 15.2 Å². The fourth-order valence-corrected chi connectivity index (χ4v) is 0.925. The van der Waals surface area contributed by atoms with Gasteiger partial charge in [0.25, 0.3) is 0 Å². The predicted octanol–water partition coefficient (Wildman–Crippen LogP) is 0.884. The number of hydrogen-bond acceptors (Lipinski definition) is 4. The molecule has 72 valence electrons. The van der Waals surface area contributed by atoms with Crippen LogP contribution >= 0.6 is 0 Å². The third kappa shape index (κ3) is 3.29. The molecule has 1 aromatic rings. The monoisotopic (exact) mass is 182 g/mol. The van der Waals surface area contributed by atoms with E-state index in [0.29, 0.717) is 5.88 Å². The van der Waals surface area contributed by atoms with E-state index in [9.17, 15) is 0 Å². The number of rotatable bonds is 5. The maximum absolute atomic E-state index is 8.53. The van der Waals surface area contributed by atoms with Crippen molar-refractivity contribution in [3.8, 4) is 5.88 Å². The van der Waals surface area contributed by atoms with Crippen molar-refractivity contribution in [2.75, 3.05) is 25.1 Å². The van der Waals surface area contributed by atoms with Gasteiger partial charge >= 0.3 is 0 Å². The van der Waals surface area contributed by atoms with Crippen molar-refractivity contribution in [2.24, 2.45) is 0 Å². The van der Waals surface area contributed by atoms with Crippen LogP contribution in [0.3, 0.4) is 0 Å². The van der Waals surface area contributed by atoms with Crippen molar-refractivity contribution in [1.82, 2.24) is 4.98 Å². The highest BCUT2D eigenvalue weighted by molar-refractivity contribution is 5.36. The van der Waals surface area contributed by atoms with Crippen molar-refractivity contribution in [3.05, 3.63) is 18.2 Å². The van der Waals surface area contributed by atoms with Crippen molar-refractivity contribution in [1.29, 1.82) is 0 Å². The minimum Gasteiger partial charge on any atom is -0.475 e. The van der Waals surface area contributed by atoms with Gasteiger partial charge in [0, 0.05) is 12.6 Å². The third-order valence-electron chi connectivity index (χ3n) is 1.42. The number of ether oxygens (including phenoxy) is 1. The summed E-state index contributed by atoms with van der Waals surface area (Å²) >= 11 is 0. The molecule has 0 aromatic carbocycles. The van der Waals surface area contributed by atoms with E-state index >= 15 is 0 Å². The summed E-state index contributed by atoms with van der Waals surface area (Å²) in [5, 5.41) is 11.6. The first-order valence-electron chi connectivity index (χ1n) is 4.31. The Balaban J connectivity index is 2.56. The van der Waals surface area contributed by atoms with Gasteiger partial charge in [-0.2, -0.15) is 4.98 Å². The molecule has 1 aromatic heterocycles. The summed E-state index contributed by atoms with van der Waals surface area (Å²) in [6, 6.07) is 5.49. The van der Waals surface area contributed by atoms with E-state index < -0.39 is 0 Å². The van der Waals surface area contributed by atoms with E-state index in [-0.39, 0.29) is 13.2 Å². The molecule has 1 heterocycles. The highest BCUT2D eigenvalue weighted by atomic mass is 16.5. The molecule has 0 radical (unpaired) electrons. The molecule has 0 saturated heterocycles. The van der Waals surface area contributed by atoms with E-state index in [2.05, 4.69) is 10.3 Å². The number of aliphatic hydroxyl groups excluding tert-OH is 1. The molecule has 0 aliphatic rings. The Hall–Kier alpha value is -1.29. The van der Waals surface area contributed by atoms with Crippen LogP contribution in [0.4, 0.5) is 5.82 Å². The maximum atomic E-state index is 8.53. The van der Waals surface area contributed by atoms with Crippen LogP contribution in [0.1, 0.15) is 6.92 Å². The highest BCUT2D eigenvalue weighted by Crippen LogP contribution is 2.10. The predicted molar refractivity (Wildman–Crippen MR) is 51.0 cm³/mol. The van der Waals surface area contributed by atoms with Crippen molar-refractivity contribution in [2.45, 2.75) is 6.92 Å². The van der Waals surface area contributed by atoms with E-state index in [4.69, 9.17) is 9.84 Å². The molecule has 4 nitrogen and oxygen atoms in total. The Labute approximate surface area is 77.6 Å². The van der Waals surface area contributed by atoms with Crippen molar-refractivity contribution in [3.63, 3.8) is 0 Å². The number of pyridine rings is 1. The second kappa shape index (κ2) is 5.37. The quantitative estimate of drug-likeness (QED) is 0.710. The van der Waals surface area contributed by atoms with Crippen LogP contribution in [0.15, 0.2) is 18.2 Å². The lowest BCUT2D eigenvalue weighted by Crippen LogP contribution is -2.05. The Kier molecular flexibility index (Phi) is 4.05. The van der Waals surface area contributed by atoms with Crippen LogP contribution in [-0.2, 0) is 0 Å². The van der Waals surface area contributed by atoms with Crippen LogP contribution in [-0.4, -0.2) is 29.8 Å². The van der Waals surface area contributed by atoms with E-state index in [1.807, 2.05) is 19.1 Å². The molecule has 0 atom stereocenters. The van der Waals surface area contributed by atoms with Gasteiger partial charge in [-0.3, -0.25) is 0 Å². The zero-order valence-electron chi connectivity index (χ0n) is 7.66. The molecule has 0 spiro atoms. The standard InChI is InChI=1S/C9H14N2O2/c1-2-10-8-4-3-5-9(11-8)13-7-6-12/h3-5,12H,2,6-7H2,1H3,(H,10,11). The van der Waals surface area contributed by atoms with Crippen molar-refractivity contribution >= 4 is 5.82 Å². The number of anilines is 1. The average molecular weight is 182 g/mol. The van der Waals surface area contributed by atoms with E-state index in [1.54, 1.807) is 6.07 Å². The molecule has 2 N–H and O–H groups in total. The lowest BCUT2D eigenvalue weighted by atomic mass is 10.4. The third-order valence-corrected chi connectivity index (χ3v) is 1.42. The topological polar surface area (TPSA) is 54.4 Å².